The molecule has 0 radical (unpaired) electrons. The van der Waals surface area contributed by atoms with Crippen LogP contribution in [0, 0.1) is 5.92 Å². The van der Waals surface area contributed by atoms with Crippen molar-refractivity contribution in [3.63, 3.8) is 0 Å². The molecule has 1 fully saturated rings. The molecule has 6 nitrogen and oxygen atoms in total. The van der Waals surface area contributed by atoms with Crippen LogP contribution in [0.2, 0.25) is 0 Å². The molecule has 0 aliphatic carbocycles. The van der Waals surface area contributed by atoms with Crippen LogP contribution in [0.25, 0.3) is 11.1 Å². The second kappa shape index (κ2) is 11.5. The highest BCUT2D eigenvalue weighted by Crippen LogP contribution is 2.47. The summed E-state index contributed by atoms with van der Waals surface area (Å²) >= 11 is 0. The van der Waals surface area contributed by atoms with Gasteiger partial charge in [0.25, 0.3) is 0 Å². The van der Waals surface area contributed by atoms with Crippen LogP contribution in [0.5, 0.6) is 23.0 Å². The van der Waals surface area contributed by atoms with Crippen LogP contribution in [0.1, 0.15) is 50.0 Å². The van der Waals surface area contributed by atoms with Crippen molar-refractivity contribution < 1.29 is 24.4 Å². The van der Waals surface area contributed by atoms with E-state index in [1.54, 1.807) is 12.1 Å². The molecule has 3 aromatic carbocycles. The van der Waals surface area contributed by atoms with Crippen LogP contribution in [0.3, 0.4) is 0 Å². The molecular weight excluding hydrogens is 478 g/mol. The fraction of sp³-hybridized carbons (Fsp3) is 0.375. The number of hydrogen-bond acceptors (Lipinski definition) is 6. The van der Waals surface area contributed by atoms with Crippen molar-refractivity contribution in [3.05, 3.63) is 83.4 Å². The number of hydrogen-bond donors (Lipinski definition) is 2. The van der Waals surface area contributed by atoms with E-state index in [4.69, 9.17) is 19.3 Å². The molecule has 3 atom stereocenters. The summed E-state index contributed by atoms with van der Waals surface area (Å²) in [5.74, 6) is 3.25. The van der Waals surface area contributed by atoms with Crippen molar-refractivity contribution in [2.24, 2.45) is 5.92 Å². The molecule has 1 saturated heterocycles. The Balaban J connectivity index is 1.41. The average Bonchev–Trinajstić information content (AvgIpc) is 3.37. The smallest absolute Gasteiger partial charge is 0.150 e. The molecule has 6 heteroatoms. The van der Waals surface area contributed by atoms with Gasteiger partial charge < -0.3 is 24.4 Å². The van der Waals surface area contributed by atoms with Gasteiger partial charge in [-0.25, -0.2) is 0 Å². The lowest BCUT2D eigenvalue weighted by molar-refractivity contribution is 0.169. The largest absolute Gasteiger partial charge is 0.508 e. The maximum atomic E-state index is 10.2. The van der Waals surface area contributed by atoms with E-state index in [0.29, 0.717) is 18.4 Å². The molecule has 5 rings (SSSR count). The first-order valence-electron chi connectivity index (χ1n) is 13.4. The van der Waals surface area contributed by atoms with Gasteiger partial charge in [-0.1, -0.05) is 31.2 Å². The Bertz CT molecular complexity index is 1290. The van der Waals surface area contributed by atoms with E-state index in [1.807, 2.05) is 42.5 Å². The van der Waals surface area contributed by atoms with E-state index in [-0.39, 0.29) is 25.1 Å². The summed E-state index contributed by atoms with van der Waals surface area (Å²) in [6, 6.07) is 21.5. The average molecular weight is 516 g/mol. The third-order valence-electron chi connectivity index (χ3n) is 7.54. The van der Waals surface area contributed by atoms with Gasteiger partial charge in [0, 0.05) is 23.7 Å². The minimum absolute atomic E-state index is 0.0465. The minimum Gasteiger partial charge on any atom is -0.508 e. The fourth-order valence-corrected chi connectivity index (χ4v) is 5.39. The number of allylic oxidation sites excluding steroid dienone is 1. The van der Waals surface area contributed by atoms with Crippen molar-refractivity contribution in [3.8, 4) is 23.0 Å². The third-order valence-corrected chi connectivity index (χ3v) is 7.54. The van der Waals surface area contributed by atoms with Gasteiger partial charge >= 0.3 is 0 Å². The highest BCUT2D eigenvalue weighted by Gasteiger charge is 2.30. The van der Waals surface area contributed by atoms with Crippen LogP contribution in [-0.4, -0.2) is 54.1 Å². The standard InChI is InChI=1S/C32H37NO5/c1-21-13-14-33(19-21)22(2)20-37-27-9-7-24(8-10-27)32-31(25-5-4-6-26(35)17-25)23(3)29-18-28(36-16-15-34)11-12-30(29)38-32/h4-12,17-18,21-22,32,34-35H,13-16,19-20H2,1-3H3/t21-,22+,32?/m1/s1. The topological polar surface area (TPSA) is 71.4 Å². The van der Waals surface area contributed by atoms with Crippen molar-refractivity contribution in [2.75, 3.05) is 32.9 Å². The Labute approximate surface area is 225 Å². The molecule has 38 heavy (non-hydrogen) atoms. The highest BCUT2D eigenvalue weighted by molar-refractivity contribution is 5.95. The molecule has 0 spiro atoms. The number of aliphatic hydroxyl groups excluding tert-OH is 1. The molecule has 2 heterocycles. The van der Waals surface area contributed by atoms with Gasteiger partial charge in [0.1, 0.15) is 42.3 Å². The highest BCUT2D eigenvalue weighted by atomic mass is 16.5. The number of ether oxygens (including phenoxy) is 3. The van der Waals surface area contributed by atoms with E-state index in [2.05, 4.69) is 37.8 Å². The van der Waals surface area contributed by atoms with Crippen LogP contribution < -0.4 is 14.2 Å². The molecule has 2 N–H and O–H groups in total. The Kier molecular flexibility index (Phi) is 7.91. The predicted octanol–water partition coefficient (Wildman–Crippen LogP) is 5.94. The summed E-state index contributed by atoms with van der Waals surface area (Å²) < 4.78 is 18.4. The number of benzene rings is 3. The lowest BCUT2D eigenvalue weighted by Gasteiger charge is -2.31. The van der Waals surface area contributed by atoms with Crippen molar-refractivity contribution in [1.82, 2.24) is 4.90 Å². The van der Waals surface area contributed by atoms with Crippen LogP contribution in [0.4, 0.5) is 0 Å². The molecule has 0 amide bonds. The summed E-state index contributed by atoms with van der Waals surface area (Å²) in [4.78, 5) is 2.50. The lowest BCUT2D eigenvalue weighted by Crippen LogP contribution is -2.35. The molecule has 1 unspecified atom stereocenters. The van der Waals surface area contributed by atoms with Crippen molar-refractivity contribution >= 4 is 11.1 Å². The first-order valence-corrected chi connectivity index (χ1v) is 13.4. The van der Waals surface area contributed by atoms with Gasteiger partial charge in [0.05, 0.1) is 6.61 Å². The SMILES string of the molecule is CC1=C(c2cccc(O)c2)C(c2ccc(OC[C@H](C)N3CC[C@@H](C)C3)cc2)Oc2ccc(OCCO)cc21. The first kappa shape index (κ1) is 26.1. The van der Waals surface area contributed by atoms with E-state index >= 15 is 0 Å². The number of phenolic OH excluding ortho intramolecular Hbond substituents is 1. The zero-order chi connectivity index (χ0) is 26.6. The predicted molar refractivity (Wildman–Crippen MR) is 150 cm³/mol. The number of aromatic hydroxyl groups is 1. The van der Waals surface area contributed by atoms with Gasteiger partial charge in [-0.15, -0.1) is 0 Å². The zero-order valence-electron chi connectivity index (χ0n) is 22.4. The number of aliphatic hydroxyl groups is 1. The maximum absolute atomic E-state index is 10.2. The maximum Gasteiger partial charge on any atom is 0.150 e. The van der Waals surface area contributed by atoms with Crippen molar-refractivity contribution in [1.29, 1.82) is 0 Å². The number of likely N-dealkylation sites (tertiary alicyclic amines) is 1. The van der Waals surface area contributed by atoms with Gasteiger partial charge in [-0.3, -0.25) is 4.90 Å². The normalized spacial score (nSPS) is 20.1. The van der Waals surface area contributed by atoms with E-state index in [1.165, 1.54) is 6.42 Å². The lowest BCUT2D eigenvalue weighted by atomic mass is 9.86. The molecule has 0 bridgehead atoms. The van der Waals surface area contributed by atoms with E-state index < -0.39 is 0 Å². The fourth-order valence-electron chi connectivity index (χ4n) is 5.39. The molecule has 2 aliphatic rings. The summed E-state index contributed by atoms with van der Waals surface area (Å²) in [7, 11) is 0. The van der Waals surface area contributed by atoms with Crippen LogP contribution >= 0.6 is 0 Å². The number of fused-ring (bicyclic) bond motifs is 1. The first-order chi connectivity index (χ1) is 18.4. The minimum atomic E-state index is -0.354. The van der Waals surface area contributed by atoms with Gasteiger partial charge in [0.15, 0.2) is 0 Å². The molecule has 0 aromatic heterocycles. The van der Waals surface area contributed by atoms with E-state index in [9.17, 15) is 5.11 Å². The van der Waals surface area contributed by atoms with Crippen LogP contribution in [0.15, 0.2) is 66.7 Å². The van der Waals surface area contributed by atoms with Gasteiger partial charge in [-0.2, -0.15) is 0 Å². The monoisotopic (exact) mass is 515 g/mol. The molecule has 0 saturated carbocycles. The molecule has 200 valence electrons. The second-order valence-corrected chi connectivity index (χ2v) is 10.4. The Morgan fingerprint density at radius 2 is 1.82 bits per heavy atom. The Morgan fingerprint density at radius 3 is 2.53 bits per heavy atom. The quantitative estimate of drug-likeness (QED) is 0.368. The Hall–Kier alpha value is -3.48. The number of phenols is 1. The zero-order valence-corrected chi connectivity index (χ0v) is 22.4. The van der Waals surface area contributed by atoms with Gasteiger partial charge in [-0.05, 0) is 91.9 Å². The second-order valence-electron chi connectivity index (χ2n) is 10.4. The summed E-state index contributed by atoms with van der Waals surface area (Å²) in [5.41, 5.74) is 4.86. The number of rotatable bonds is 9. The third kappa shape index (κ3) is 5.66. The van der Waals surface area contributed by atoms with Crippen molar-refractivity contribution in [2.45, 2.75) is 39.3 Å². The summed E-state index contributed by atoms with van der Waals surface area (Å²) in [5, 5.41) is 19.4. The molecular formula is C32H37NO5. The number of nitrogens with zero attached hydrogens (tertiary/aromatic N) is 1. The Morgan fingerprint density at radius 1 is 1.03 bits per heavy atom. The summed E-state index contributed by atoms with van der Waals surface area (Å²) in [6.45, 7) is 9.74. The van der Waals surface area contributed by atoms with E-state index in [0.717, 1.165) is 58.3 Å². The molecule has 3 aromatic rings. The van der Waals surface area contributed by atoms with Gasteiger partial charge in [0.2, 0.25) is 0 Å². The molecule has 2 aliphatic heterocycles. The summed E-state index contributed by atoms with van der Waals surface area (Å²) in [6.07, 6.45) is 0.905. The van der Waals surface area contributed by atoms with Crippen LogP contribution in [-0.2, 0) is 0 Å².